The molecule has 4 heteroatoms. The van der Waals surface area contributed by atoms with E-state index in [1.165, 1.54) is 15.9 Å². The summed E-state index contributed by atoms with van der Waals surface area (Å²) in [5.41, 5.74) is 0.578. The van der Waals surface area contributed by atoms with Crippen molar-refractivity contribution in [2.75, 3.05) is 0 Å². The second-order valence-corrected chi connectivity index (χ2v) is 12.5. The number of hydrogen-bond acceptors (Lipinski definition) is 2. The lowest BCUT2D eigenvalue weighted by Gasteiger charge is -2.28. The van der Waals surface area contributed by atoms with Gasteiger partial charge in [-0.2, -0.15) is 0 Å². The fraction of sp³-hybridized carbons (Fsp3) is 0.0833. The Bertz CT molecular complexity index is 1790. The zero-order chi connectivity index (χ0) is 27.7. The second kappa shape index (κ2) is 10.6. The van der Waals surface area contributed by atoms with Crippen LogP contribution in [0.25, 0.3) is 32.7 Å². The summed E-state index contributed by atoms with van der Waals surface area (Å²) in [4.78, 5) is 12.2. The maximum Gasteiger partial charge on any atom is 0.347 e. The minimum Gasteiger partial charge on any atom is -0.478 e. The molecule has 0 aliphatic rings. The van der Waals surface area contributed by atoms with Crippen molar-refractivity contribution in [3.05, 3.63) is 133 Å². The molecule has 0 heterocycles. The van der Waals surface area contributed by atoms with E-state index in [1.54, 1.807) is 13.8 Å². The molecule has 0 saturated carbocycles. The van der Waals surface area contributed by atoms with Crippen molar-refractivity contribution in [1.82, 2.24) is 0 Å². The first-order chi connectivity index (χ1) is 19.4. The molecule has 0 radical (unpaired) electrons. The second-order valence-electron chi connectivity index (χ2n) is 10.3. The fourth-order valence-electron chi connectivity index (χ4n) is 5.20. The molecular formula is C36H29O3P. The Hall–Kier alpha value is -4.46. The number of carbonyl (C=O) groups is 1. The van der Waals surface area contributed by atoms with E-state index in [-0.39, 0.29) is 0 Å². The summed E-state index contributed by atoms with van der Waals surface area (Å²) in [5.74, 6) is -0.458. The molecule has 0 atom stereocenters. The topological polar surface area (TPSA) is 46.5 Å². The van der Waals surface area contributed by atoms with Crippen LogP contribution in [-0.2, 0) is 4.79 Å². The lowest BCUT2D eigenvalue weighted by Crippen LogP contribution is -2.38. The highest BCUT2D eigenvalue weighted by Crippen LogP contribution is 2.46. The highest BCUT2D eigenvalue weighted by molar-refractivity contribution is 7.80. The van der Waals surface area contributed by atoms with Gasteiger partial charge < -0.3 is 9.84 Å². The van der Waals surface area contributed by atoms with Gasteiger partial charge in [0.2, 0.25) is 0 Å². The molecule has 1 N–H and O–H groups in total. The Morgan fingerprint density at radius 1 is 0.600 bits per heavy atom. The SMILES string of the molecule is CC(C)(Oc1ccc2ccccc2c1-c1c(P(c2ccccc2)c2ccccc2)ccc2ccccc12)C(=O)O. The summed E-state index contributed by atoms with van der Waals surface area (Å²) in [6.45, 7) is 3.19. The van der Waals surface area contributed by atoms with Gasteiger partial charge in [0.05, 0.1) is 0 Å². The molecule has 0 spiro atoms. The van der Waals surface area contributed by atoms with E-state index in [0.717, 1.165) is 32.7 Å². The van der Waals surface area contributed by atoms with Crippen molar-refractivity contribution in [2.24, 2.45) is 0 Å². The highest BCUT2D eigenvalue weighted by Gasteiger charge is 2.32. The van der Waals surface area contributed by atoms with Crippen molar-refractivity contribution in [3.63, 3.8) is 0 Å². The van der Waals surface area contributed by atoms with Gasteiger partial charge in [0.25, 0.3) is 0 Å². The van der Waals surface area contributed by atoms with Crippen LogP contribution < -0.4 is 20.7 Å². The third-order valence-electron chi connectivity index (χ3n) is 7.20. The first-order valence-electron chi connectivity index (χ1n) is 13.3. The van der Waals surface area contributed by atoms with Gasteiger partial charge in [0.1, 0.15) is 5.75 Å². The van der Waals surface area contributed by atoms with Gasteiger partial charge in [0, 0.05) is 11.1 Å². The maximum absolute atomic E-state index is 12.2. The normalized spacial score (nSPS) is 11.7. The molecule has 0 aromatic heterocycles. The van der Waals surface area contributed by atoms with Crippen molar-refractivity contribution in [3.8, 4) is 16.9 Å². The molecule has 0 bridgehead atoms. The number of carboxylic acids is 1. The summed E-state index contributed by atoms with van der Waals surface area (Å²) in [6.07, 6.45) is 0. The molecule has 0 aliphatic carbocycles. The number of hydrogen-bond donors (Lipinski definition) is 1. The van der Waals surface area contributed by atoms with Gasteiger partial charge in [-0.1, -0.05) is 127 Å². The average molecular weight is 541 g/mol. The Kier molecular flexibility index (Phi) is 6.84. The van der Waals surface area contributed by atoms with Crippen molar-refractivity contribution < 1.29 is 14.6 Å². The van der Waals surface area contributed by atoms with E-state index < -0.39 is 19.5 Å². The Morgan fingerprint density at radius 3 is 1.62 bits per heavy atom. The molecule has 6 rings (SSSR count). The van der Waals surface area contributed by atoms with Crippen LogP contribution in [0.4, 0.5) is 0 Å². The summed E-state index contributed by atoms with van der Waals surface area (Å²) in [5, 5.41) is 18.0. The standard InChI is InChI=1S/C36H29O3P/c1-36(2,35(37)38)39-31-23-21-25-13-9-11-19-29(25)33(31)34-30-20-12-10-14-26(30)22-24-32(34)40(27-15-5-3-6-16-27)28-17-7-4-8-18-28/h3-24H,1-2H3,(H,37,38). The molecule has 6 aromatic rings. The minimum absolute atomic E-state index is 0.555. The van der Waals surface area contributed by atoms with Gasteiger partial charge >= 0.3 is 5.97 Å². The van der Waals surface area contributed by atoms with E-state index in [4.69, 9.17) is 4.74 Å². The molecule has 40 heavy (non-hydrogen) atoms. The predicted molar refractivity (Wildman–Crippen MR) is 168 cm³/mol. The lowest BCUT2D eigenvalue weighted by molar-refractivity contribution is -0.152. The molecule has 3 nitrogen and oxygen atoms in total. The highest BCUT2D eigenvalue weighted by atomic mass is 31.1. The van der Waals surface area contributed by atoms with E-state index in [1.807, 2.05) is 36.4 Å². The molecular weight excluding hydrogens is 511 g/mol. The summed E-state index contributed by atoms with van der Waals surface area (Å²) < 4.78 is 6.36. The van der Waals surface area contributed by atoms with Crippen LogP contribution in [0.3, 0.4) is 0 Å². The van der Waals surface area contributed by atoms with E-state index >= 15 is 0 Å². The lowest BCUT2D eigenvalue weighted by atomic mass is 9.92. The first-order valence-corrected chi connectivity index (χ1v) is 14.6. The summed E-state index contributed by atoms with van der Waals surface area (Å²) in [6, 6.07) is 46.3. The monoisotopic (exact) mass is 540 g/mol. The molecule has 196 valence electrons. The third kappa shape index (κ3) is 4.74. The zero-order valence-electron chi connectivity index (χ0n) is 22.4. The van der Waals surface area contributed by atoms with Crippen LogP contribution in [0.15, 0.2) is 133 Å². The number of rotatable bonds is 7. The van der Waals surface area contributed by atoms with Gasteiger partial charge in [-0.25, -0.2) is 4.79 Å². The average Bonchev–Trinajstić information content (AvgIpc) is 2.98. The molecule has 0 amide bonds. The van der Waals surface area contributed by atoms with Crippen LogP contribution in [0.5, 0.6) is 5.75 Å². The van der Waals surface area contributed by atoms with Crippen LogP contribution in [-0.4, -0.2) is 16.7 Å². The molecule has 0 fully saturated rings. The smallest absolute Gasteiger partial charge is 0.347 e. The Balaban J connectivity index is 1.75. The Labute approximate surface area is 235 Å². The molecule has 0 saturated heterocycles. The van der Waals surface area contributed by atoms with E-state index in [0.29, 0.717) is 5.75 Å². The first kappa shape index (κ1) is 25.8. The van der Waals surface area contributed by atoms with Gasteiger partial charge in [-0.15, -0.1) is 0 Å². The minimum atomic E-state index is -1.41. The van der Waals surface area contributed by atoms with Crippen molar-refractivity contribution >= 4 is 51.3 Å². The van der Waals surface area contributed by atoms with Crippen LogP contribution in [0.2, 0.25) is 0 Å². The Morgan fingerprint density at radius 2 is 1.07 bits per heavy atom. The number of aliphatic carboxylic acids is 1. The summed E-state index contributed by atoms with van der Waals surface area (Å²) >= 11 is 0. The predicted octanol–water partition coefficient (Wildman–Crippen LogP) is 7.66. The molecule has 0 unspecified atom stereocenters. The van der Waals surface area contributed by atoms with E-state index in [9.17, 15) is 9.90 Å². The van der Waals surface area contributed by atoms with Crippen molar-refractivity contribution in [1.29, 1.82) is 0 Å². The summed E-state index contributed by atoms with van der Waals surface area (Å²) in [7, 11) is -0.949. The third-order valence-corrected chi connectivity index (χ3v) is 9.68. The van der Waals surface area contributed by atoms with Gasteiger partial charge in [-0.3, -0.25) is 0 Å². The van der Waals surface area contributed by atoms with Crippen LogP contribution in [0, 0.1) is 0 Å². The largest absolute Gasteiger partial charge is 0.478 e. The van der Waals surface area contributed by atoms with Gasteiger partial charge in [-0.05, 0) is 65.3 Å². The van der Waals surface area contributed by atoms with Crippen LogP contribution in [0.1, 0.15) is 13.8 Å². The maximum atomic E-state index is 12.2. The quantitative estimate of drug-likeness (QED) is 0.212. The molecule has 6 aromatic carbocycles. The van der Waals surface area contributed by atoms with E-state index in [2.05, 4.69) is 97.1 Å². The number of carboxylic acid groups (broad SMARTS) is 1. The zero-order valence-corrected chi connectivity index (χ0v) is 23.3. The number of ether oxygens (including phenoxy) is 1. The van der Waals surface area contributed by atoms with Gasteiger partial charge in [0.15, 0.2) is 5.60 Å². The molecule has 0 aliphatic heterocycles. The fourth-order valence-corrected chi connectivity index (χ4v) is 7.68. The van der Waals surface area contributed by atoms with Crippen molar-refractivity contribution in [2.45, 2.75) is 19.4 Å². The van der Waals surface area contributed by atoms with Crippen LogP contribution >= 0.6 is 7.92 Å². The number of fused-ring (bicyclic) bond motifs is 2. The number of benzene rings is 6.